The molecule has 0 fully saturated rings. The van der Waals surface area contributed by atoms with Gasteiger partial charge in [0.1, 0.15) is 0 Å². The van der Waals surface area contributed by atoms with Crippen LogP contribution in [0, 0.1) is 6.92 Å². The van der Waals surface area contributed by atoms with E-state index in [0.29, 0.717) is 12.1 Å². The molecule has 100 valence electrons. The van der Waals surface area contributed by atoms with Crippen molar-refractivity contribution in [3.8, 4) is 0 Å². The molecule has 2 aromatic rings. The Balaban J connectivity index is 1.99. The average Bonchev–Trinajstić information content (AvgIpc) is 2.74. The largest absolute Gasteiger partial charge is 0.346 e. The van der Waals surface area contributed by atoms with Gasteiger partial charge in [0.25, 0.3) is 5.91 Å². The standard InChI is InChI=1S/C15H19N3O/c1-4-12-5-7-13(8-6-12)15(19)16-10-14-9-11(2)17-18(14)3/h5-9H,4,10H2,1-3H3,(H,16,19). The minimum Gasteiger partial charge on any atom is -0.346 e. The molecule has 1 aromatic carbocycles. The maximum Gasteiger partial charge on any atom is 0.251 e. The van der Waals surface area contributed by atoms with Crippen LogP contribution in [0.5, 0.6) is 0 Å². The van der Waals surface area contributed by atoms with Crippen LogP contribution in [0.3, 0.4) is 0 Å². The molecule has 19 heavy (non-hydrogen) atoms. The molecule has 0 atom stereocenters. The highest BCUT2D eigenvalue weighted by Crippen LogP contribution is 2.06. The first kappa shape index (κ1) is 13.3. The summed E-state index contributed by atoms with van der Waals surface area (Å²) in [6.45, 7) is 4.53. The molecule has 0 bridgehead atoms. The van der Waals surface area contributed by atoms with E-state index in [0.717, 1.165) is 17.8 Å². The van der Waals surface area contributed by atoms with Crippen molar-refractivity contribution in [2.24, 2.45) is 7.05 Å². The summed E-state index contributed by atoms with van der Waals surface area (Å²) >= 11 is 0. The topological polar surface area (TPSA) is 46.9 Å². The molecule has 0 unspecified atom stereocenters. The van der Waals surface area contributed by atoms with Crippen LogP contribution in [0.15, 0.2) is 30.3 Å². The van der Waals surface area contributed by atoms with E-state index in [1.54, 1.807) is 4.68 Å². The summed E-state index contributed by atoms with van der Waals surface area (Å²) in [7, 11) is 1.88. The summed E-state index contributed by atoms with van der Waals surface area (Å²) in [6.07, 6.45) is 0.982. The predicted octanol–water partition coefficient (Wildman–Crippen LogP) is 2.22. The Morgan fingerprint density at radius 1 is 1.32 bits per heavy atom. The first-order valence-electron chi connectivity index (χ1n) is 6.47. The van der Waals surface area contributed by atoms with E-state index in [-0.39, 0.29) is 5.91 Å². The molecule has 4 heteroatoms. The van der Waals surface area contributed by atoms with Crippen LogP contribution in [0.4, 0.5) is 0 Å². The fourth-order valence-corrected chi connectivity index (χ4v) is 1.99. The number of carbonyl (C=O) groups is 1. The second kappa shape index (κ2) is 5.69. The van der Waals surface area contributed by atoms with Gasteiger partial charge in [0.15, 0.2) is 0 Å². The molecule has 4 nitrogen and oxygen atoms in total. The predicted molar refractivity (Wildman–Crippen MR) is 74.9 cm³/mol. The second-order valence-electron chi connectivity index (χ2n) is 4.63. The van der Waals surface area contributed by atoms with E-state index in [1.807, 2.05) is 44.3 Å². The third-order valence-corrected chi connectivity index (χ3v) is 3.15. The number of hydrogen-bond acceptors (Lipinski definition) is 2. The number of rotatable bonds is 4. The zero-order valence-electron chi connectivity index (χ0n) is 11.6. The summed E-state index contributed by atoms with van der Waals surface area (Å²) in [6, 6.07) is 9.68. The van der Waals surface area contributed by atoms with Crippen LogP contribution >= 0.6 is 0 Å². The lowest BCUT2D eigenvalue weighted by atomic mass is 10.1. The number of carbonyl (C=O) groups excluding carboxylic acids is 1. The zero-order chi connectivity index (χ0) is 13.8. The first-order valence-corrected chi connectivity index (χ1v) is 6.47. The van der Waals surface area contributed by atoms with Crippen molar-refractivity contribution in [2.75, 3.05) is 0 Å². The van der Waals surface area contributed by atoms with E-state index in [2.05, 4.69) is 17.3 Å². The van der Waals surface area contributed by atoms with Gasteiger partial charge in [0, 0.05) is 12.6 Å². The van der Waals surface area contributed by atoms with Crippen molar-refractivity contribution >= 4 is 5.91 Å². The number of nitrogens with zero attached hydrogens (tertiary/aromatic N) is 2. The Kier molecular flexibility index (Phi) is 4.00. The van der Waals surface area contributed by atoms with Crippen molar-refractivity contribution in [3.63, 3.8) is 0 Å². The SMILES string of the molecule is CCc1ccc(C(=O)NCc2cc(C)nn2C)cc1. The molecule has 0 radical (unpaired) electrons. The van der Waals surface area contributed by atoms with Gasteiger partial charge in [0.2, 0.25) is 0 Å². The molecule has 0 aliphatic carbocycles. The Bertz CT molecular complexity index is 570. The lowest BCUT2D eigenvalue weighted by Gasteiger charge is -2.06. The second-order valence-corrected chi connectivity index (χ2v) is 4.63. The number of nitrogens with one attached hydrogen (secondary N) is 1. The number of benzene rings is 1. The fourth-order valence-electron chi connectivity index (χ4n) is 1.99. The average molecular weight is 257 g/mol. The first-order chi connectivity index (χ1) is 9.10. The van der Waals surface area contributed by atoms with E-state index in [9.17, 15) is 4.79 Å². The van der Waals surface area contributed by atoms with Crippen molar-refractivity contribution in [2.45, 2.75) is 26.8 Å². The van der Waals surface area contributed by atoms with E-state index in [1.165, 1.54) is 5.56 Å². The molecule has 2 rings (SSSR count). The van der Waals surface area contributed by atoms with Crippen molar-refractivity contribution in [1.82, 2.24) is 15.1 Å². The fraction of sp³-hybridized carbons (Fsp3) is 0.333. The number of aryl methyl sites for hydroxylation is 3. The highest BCUT2D eigenvalue weighted by atomic mass is 16.1. The van der Waals surface area contributed by atoms with Crippen LogP contribution in [0.1, 0.15) is 34.2 Å². The van der Waals surface area contributed by atoms with E-state index < -0.39 is 0 Å². The Labute approximate surface area is 113 Å². The van der Waals surface area contributed by atoms with Crippen molar-refractivity contribution in [3.05, 3.63) is 52.8 Å². The Morgan fingerprint density at radius 3 is 2.53 bits per heavy atom. The van der Waals surface area contributed by atoms with Gasteiger partial charge in [-0.2, -0.15) is 5.10 Å². The van der Waals surface area contributed by atoms with Crippen molar-refractivity contribution in [1.29, 1.82) is 0 Å². The summed E-state index contributed by atoms with van der Waals surface area (Å²) in [5, 5.41) is 7.16. The molecule has 0 aliphatic heterocycles. The van der Waals surface area contributed by atoms with Gasteiger partial charge < -0.3 is 5.32 Å². The van der Waals surface area contributed by atoms with Gasteiger partial charge in [-0.25, -0.2) is 0 Å². The van der Waals surface area contributed by atoms with Crippen LogP contribution < -0.4 is 5.32 Å². The maximum atomic E-state index is 12.0. The normalized spacial score (nSPS) is 10.5. The Morgan fingerprint density at radius 2 is 2.00 bits per heavy atom. The van der Waals surface area contributed by atoms with Gasteiger partial charge in [-0.1, -0.05) is 19.1 Å². The number of amides is 1. The lowest BCUT2D eigenvalue weighted by molar-refractivity contribution is 0.0950. The third-order valence-electron chi connectivity index (χ3n) is 3.15. The van der Waals surface area contributed by atoms with Crippen LogP contribution in [0.2, 0.25) is 0 Å². The highest BCUT2D eigenvalue weighted by Gasteiger charge is 2.07. The van der Waals surface area contributed by atoms with Crippen LogP contribution in [0.25, 0.3) is 0 Å². The minimum atomic E-state index is -0.0542. The summed E-state index contributed by atoms with van der Waals surface area (Å²) in [4.78, 5) is 12.0. The summed E-state index contributed by atoms with van der Waals surface area (Å²) in [5.41, 5.74) is 3.88. The third kappa shape index (κ3) is 3.22. The van der Waals surface area contributed by atoms with Crippen LogP contribution in [-0.4, -0.2) is 15.7 Å². The number of hydrogen-bond donors (Lipinski definition) is 1. The van der Waals surface area contributed by atoms with Gasteiger partial charge >= 0.3 is 0 Å². The quantitative estimate of drug-likeness (QED) is 0.913. The highest BCUT2D eigenvalue weighted by molar-refractivity contribution is 5.94. The monoisotopic (exact) mass is 257 g/mol. The maximum absolute atomic E-state index is 12.0. The summed E-state index contributed by atoms with van der Waals surface area (Å²) < 4.78 is 1.79. The molecule has 1 heterocycles. The van der Waals surface area contributed by atoms with Gasteiger partial charge in [-0.15, -0.1) is 0 Å². The smallest absolute Gasteiger partial charge is 0.251 e. The van der Waals surface area contributed by atoms with Gasteiger partial charge in [-0.05, 0) is 37.1 Å². The molecule has 0 saturated heterocycles. The summed E-state index contributed by atoms with van der Waals surface area (Å²) in [5.74, 6) is -0.0542. The molecule has 0 saturated carbocycles. The van der Waals surface area contributed by atoms with Gasteiger partial charge in [-0.3, -0.25) is 9.48 Å². The number of aromatic nitrogens is 2. The lowest BCUT2D eigenvalue weighted by Crippen LogP contribution is -2.24. The van der Waals surface area contributed by atoms with Gasteiger partial charge in [0.05, 0.1) is 17.9 Å². The zero-order valence-corrected chi connectivity index (χ0v) is 11.6. The molecular formula is C15H19N3O. The molecular weight excluding hydrogens is 238 g/mol. The molecule has 1 N–H and O–H groups in total. The van der Waals surface area contributed by atoms with E-state index in [4.69, 9.17) is 0 Å². The Hall–Kier alpha value is -2.10. The van der Waals surface area contributed by atoms with E-state index >= 15 is 0 Å². The molecule has 0 spiro atoms. The van der Waals surface area contributed by atoms with Crippen LogP contribution in [-0.2, 0) is 20.0 Å². The van der Waals surface area contributed by atoms with Crippen molar-refractivity contribution < 1.29 is 4.79 Å². The minimum absolute atomic E-state index is 0.0542. The molecule has 1 amide bonds. The molecule has 1 aromatic heterocycles. The molecule has 0 aliphatic rings.